The summed E-state index contributed by atoms with van der Waals surface area (Å²) in [6, 6.07) is 11.6. The number of halogens is 3. The summed E-state index contributed by atoms with van der Waals surface area (Å²) in [5, 5.41) is 3.35. The summed E-state index contributed by atoms with van der Waals surface area (Å²) in [4.78, 5) is 5.78. The van der Waals surface area contributed by atoms with Gasteiger partial charge in [-0.2, -0.15) is 0 Å². The van der Waals surface area contributed by atoms with Crippen LogP contribution in [0.5, 0.6) is 0 Å². The van der Waals surface area contributed by atoms with Gasteiger partial charge in [0.15, 0.2) is 0 Å². The smallest absolute Gasteiger partial charge is 0.0654 e. The number of hydrogen-bond acceptors (Lipinski definition) is 1. The molecule has 2 nitrogen and oxygen atoms in total. The second-order valence-corrected chi connectivity index (χ2v) is 6.82. The zero-order valence-electron chi connectivity index (χ0n) is 11.7. The van der Waals surface area contributed by atoms with E-state index < -0.39 is 0 Å². The van der Waals surface area contributed by atoms with Crippen molar-refractivity contribution in [1.82, 2.24) is 4.98 Å². The molecule has 0 bridgehead atoms. The normalized spacial score (nSPS) is 14.4. The molecule has 112 valence electrons. The quantitative estimate of drug-likeness (QED) is 0.596. The van der Waals surface area contributed by atoms with Crippen LogP contribution in [0.15, 0.2) is 36.4 Å². The SMILES string of the molecule is Clc1ccc(N2CCc3c([nH]c4ccc(Cl)cc34)C2)c(Cl)c1. The summed E-state index contributed by atoms with van der Waals surface area (Å²) in [6.07, 6.45) is 0.967. The minimum Gasteiger partial charge on any atom is -0.364 e. The average molecular weight is 352 g/mol. The molecule has 5 heteroatoms. The third-order valence-electron chi connectivity index (χ3n) is 4.19. The molecule has 0 fully saturated rings. The Morgan fingerprint density at radius 3 is 2.55 bits per heavy atom. The van der Waals surface area contributed by atoms with Crippen LogP contribution in [0.4, 0.5) is 5.69 Å². The molecule has 1 N–H and O–H groups in total. The molecule has 0 unspecified atom stereocenters. The second kappa shape index (κ2) is 5.38. The third-order valence-corrected chi connectivity index (χ3v) is 4.96. The van der Waals surface area contributed by atoms with Gasteiger partial charge in [-0.1, -0.05) is 34.8 Å². The molecule has 0 spiro atoms. The largest absolute Gasteiger partial charge is 0.364 e. The summed E-state index contributed by atoms with van der Waals surface area (Å²) in [7, 11) is 0. The van der Waals surface area contributed by atoms with Crippen molar-refractivity contribution in [2.45, 2.75) is 13.0 Å². The predicted octanol–water partition coefficient (Wildman–Crippen LogP) is 5.69. The van der Waals surface area contributed by atoms with Crippen LogP contribution in [0, 0.1) is 0 Å². The molecule has 1 aromatic heterocycles. The lowest BCUT2D eigenvalue weighted by Crippen LogP contribution is -2.30. The number of aromatic nitrogens is 1. The molecule has 1 aliphatic heterocycles. The zero-order valence-corrected chi connectivity index (χ0v) is 13.9. The first kappa shape index (κ1) is 14.3. The maximum Gasteiger partial charge on any atom is 0.0654 e. The number of benzene rings is 2. The van der Waals surface area contributed by atoms with Crippen molar-refractivity contribution >= 4 is 51.4 Å². The van der Waals surface area contributed by atoms with Gasteiger partial charge in [0.25, 0.3) is 0 Å². The average Bonchev–Trinajstić information content (AvgIpc) is 2.84. The van der Waals surface area contributed by atoms with E-state index in [9.17, 15) is 0 Å². The topological polar surface area (TPSA) is 19.0 Å². The van der Waals surface area contributed by atoms with Crippen molar-refractivity contribution in [3.05, 3.63) is 62.7 Å². The molecule has 0 saturated heterocycles. The minimum atomic E-state index is 0.659. The van der Waals surface area contributed by atoms with Crippen molar-refractivity contribution in [1.29, 1.82) is 0 Å². The number of fused-ring (bicyclic) bond motifs is 3. The van der Waals surface area contributed by atoms with Gasteiger partial charge in [-0.15, -0.1) is 0 Å². The first-order chi connectivity index (χ1) is 10.6. The first-order valence-electron chi connectivity index (χ1n) is 7.11. The van der Waals surface area contributed by atoms with E-state index in [-0.39, 0.29) is 0 Å². The molecule has 1 aliphatic rings. The fourth-order valence-electron chi connectivity index (χ4n) is 3.16. The number of nitrogens with zero attached hydrogens (tertiary/aromatic N) is 1. The Balaban J connectivity index is 1.73. The lowest BCUT2D eigenvalue weighted by molar-refractivity contribution is 0.724. The lowest BCUT2D eigenvalue weighted by Gasteiger charge is -2.30. The van der Waals surface area contributed by atoms with E-state index in [0.717, 1.165) is 35.7 Å². The molecule has 0 amide bonds. The lowest BCUT2D eigenvalue weighted by atomic mass is 10.0. The minimum absolute atomic E-state index is 0.659. The van der Waals surface area contributed by atoms with E-state index in [1.165, 1.54) is 16.6 Å². The maximum absolute atomic E-state index is 6.34. The summed E-state index contributed by atoms with van der Waals surface area (Å²) in [5.41, 5.74) is 4.75. The molecule has 0 atom stereocenters. The van der Waals surface area contributed by atoms with Crippen LogP contribution in [0.3, 0.4) is 0 Å². The van der Waals surface area contributed by atoms with Gasteiger partial charge in [0.05, 0.1) is 17.3 Å². The fourth-order valence-corrected chi connectivity index (χ4v) is 3.86. The number of H-pyrrole nitrogens is 1. The van der Waals surface area contributed by atoms with Crippen LogP contribution in [-0.4, -0.2) is 11.5 Å². The maximum atomic E-state index is 6.34. The highest BCUT2D eigenvalue weighted by Crippen LogP contribution is 2.35. The molecule has 2 aromatic carbocycles. The Kier molecular flexibility index (Phi) is 3.48. The van der Waals surface area contributed by atoms with Gasteiger partial charge in [0.1, 0.15) is 0 Å². The molecule has 22 heavy (non-hydrogen) atoms. The molecular formula is C17H13Cl3N2. The molecule has 4 rings (SSSR count). The Hall–Kier alpha value is -1.35. The summed E-state index contributed by atoms with van der Waals surface area (Å²) in [5.74, 6) is 0. The zero-order chi connectivity index (χ0) is 15.3. The third kappa shape index (κ3) is 2.36. The summed E-state index contributed by atoms with van der Waals surface area (Å²) in [6.45, 7) is 1.73. The number of aromatic amines is 1. The molecule has 3 aromatic rings. The molecule has 0 aliphatic carbocycles. The number of rotatable bonds is 1. The number of hydrogen-bond donors (Lipinski definition) is 1. The Morgan fingerprint density at radius 1 is 0.955 bits per heavy atom. The number of nitrogens with one attached hydrogen (secondary N) is 1. The van der Waals surface area contributed by atoms with Crippen molar-refractivity contribution in [2.24, 2.45) is 0 Å². The van der Waals surface area contributed by atoms with Crippen molar-refractivity contribution < 1.29 is 0 Å². The van der Waals surface area contributed by atoms with Gasteiger partial charge in [0.2, 0.25) is 0 Å². The van der Waals surface area contributed by atoms with Gasteiger partial charge in [-0.05, 0) is 48.4 Å². The number of anilines is 1. The second-order valence-electron chi connectivity index (χ2n) is 5.54. The Bertz CT molecular complexity index is 870. The monoisotopic (exact) mass is 350 g/mol. The van der Waals surface area contributed by atoms with Crippen LogP contribution in [-0.2, 0) is 13.0 Å². The van der Waals surface area contributed by atoms with E-state index in [1.807, 2.05) is 30.3 Å². The van der Waals surface area contributed by atoms with Crippen LogP contribution >= 0.6 is 34.8 Å². The molecule has 0 radical (unpaired) electrons. The summed E-state index contributed by atoms with van der Waals surface area (Å²) >= 11 is 18.4. The van der Waals surface area contributed by atoms with E-state index in [1.54, 1.807) is 6.07 Å². The highest BCUT2D eigenvalue weighted by Gasteiger charge is 2.22. The van der Waals surface area contributed by atoms with Crippen LogP contribution in [0.2, 0.25) is 15.1 Å². The van der Waals surface area contributed by atoms with Crippen molar-refractivity contribution in [2.75, 3.05) is 11.4 Å². The standard InChI is InChI=1S/C17H13Cl3N2/c18-10-1-3-15-13(7-10)12-5-6-22(9-16(12)21-15)17-4-2-11(19)8-14(17)20/h1-4,7-8,21H,5-6,9H2. The van der Waals surface area contributed by atoms with Gasteiger partial charge < -0.3 is 9.88 Å². The molecule has 0 saturated carbocycles. The van der Waals surface area contributed by atoms with Gasteiger partial charge in [-0.3, -0.25) is 0 Å². The van der Waals surface area contributed by atoms with Crippen LogP contribution in [0.1, 0.15) is 11.3 Å². The van der Waals surface area contributed by atoms with E-state index >= 15 is 0 Å². The highest BCUT2D eigenvalue weighted by atomic mass is 35.5. The predicted molar refractivity (Wildman–Crippen MR) is 94.5 cm³/mol. The van der Waals surface area contributed by atoms with Crippen LogP contribution in [0.25, 0.3) is 10.9 Å². The van der Waals surface area contributed by atoms with E-state index in [2.05, 4.69) is 9.88 Å². The molecule has 2 heterocycles. The highest BCUT2D eigenvalue weighted by molar-refractivity contribution is 6.36. The van der Waals surface area contributed by atoms with Crippen molar-refractivity contribution in [3.8, 4) is 0 Å². The van der Waals surface area contributed by atoms with E-state index in [0.29, 0.717) is 10.0 Å². The van der Waals surface area contributed by atoms with Crippen molar-refractivity contribution in [3.63, 3.8) is 0 Å². The molecular weight excluding hydrogens is 339 g/mol. The van der Waals surface area contributed by atoms with E-state index in [4.69, 9.17) is 34.8 Å². The Morgan fingerprint density at radius 2 is 1.73 bits per heavy atom. The first-order valence-corrected chi connectivity index (χ1v) is 8.24. The van der Waals surface area contributed by atoms with Gasteiger partial charge >= 0.3 is 0 Å². The summed E-state index contributed by atoms with van der Waals surface area (Å²) < 4.78 is 0. The van der Waals surface area contributed by atoms with Gasteiger partial charge in [0, 0.05) is 33.2 Å². The van der Waals surface area contributed by atoms with Gasteiger partial charge in [-0.25, -0.2) is 0 Å². The van der Waals surface area contributed by atoms with Crippen LogP contribution < -0.4 is 4.90 Å². The fraction of sp³-hybridized carbons (Fsp3) is 0.176. The Labute approximate surface area is 143 Å².